The molecule has 0 aliphatic rings. The molecule has 0 aliphatic heterocycles. The molecular formula is C11H17N3O5S. The van der Waals surface area contributed by atoms with E-state index in [0.29, 0.717) is 6.42 Å². The first-order valence-corrected chi connectivity index (χ1v) is 7.34. The van der Waals surface area contributed by atoms with E-state index in [4.69, 9.17) is 10.5 Å². The number of sulfonamides is 1. The molecule has 0 amide bonds. The van der Waals surface area contributed by atoms with Gasteiger partial charge in [0.2, 0.25) is 10.0 Å². The van der Waals surface area contributed by atoms with Gasteiger partial charge in [-0.2, -0.15) is 0 Å². The lowest BCUT2D eigenvalue weighted by molar-refractivity contribution is -0.385. The second-order valence-electron chi connectivity index (χ2n) is 4.26. The molecule has 0 aromatic heterocycles. The first kappa shape index (κ1) is 16.3. The summed E-state index contributed by atoms with van der Waals surface area (Å²) in [6, 6.07) is 3.20. The summed E-state index contributed by atoms with van der Waals surface area (Å²) in [6.45, 7) is 1.95. The van der Waals surface area contributed by atoms with Crippen molar-refractivity contribution in [2.45, 2.75) is 24.3 Å². The minimum atomic E-state index is -3.79. The summed E-state index contributed by atoms with van der Waals surface area (Å²) in [5.74, 6) is -0.0764. The van der Waals surface area contributed by atoms with Crippen molar-refractivity contribution >= 4 is 15.7 Å². The third kappa shape index (κ3) is 4.15. The van der Waals surface area contributed by atoms with Gasteiger partial charge in [-0.05, 0) is 19.4 Å². The van der Waals surface area contributed by atoms with Crippen LogP contribution in [0.1, 0.15) is 13.3 Å². The summed E-state index contributed by atoms with van der Waals surface area (Å²) >= 11 is 0. The van der Waals surface area contributed by atoms with Crippen molar-refractivity contribution in [3.63, 3.8) is 0 Å². The van der Waals surface area contributed by atoms with Crippen LogP contribution in [0, 0.1) is 10.1 Å². The first-order chi connectivity index (χ1) is 9.27. The summed E-state index contributed by atoms with van der Waals surface area (Å²) < 4.78 is 31.4. The number of nitro benzene ring substituents is 1. The van der Waals surface area contributed by atoms with Gasteiger partial charge >= 0.3 is 0 Å². The largest absolute Gasteiger partial charge is 0.495 e. The number of hydrogen-bond acceptors (Lipinski definition) is 6. The summed E-state index contributed by atoms with van der Waals surface area (Å²) in [6.07, 6.45) is 0.481. The number of nitrogens with two attached hydrogens (primary N) is 1. The zero-order valence-corrected chi connectivity index (χ0v) is 12.0. The van der Waals surface area contributed by atoms with Crippen LogP contribution in [-0.4, -0.2) is 33.0 Å². The maximum atomic E-state index is 12.1. The van der Waals surface area contributed by atoms with Gasteiger partial charge in [0.25, 0.3) is 5.69 Å². The van der Waals surface area contributed by atoms with Crippen molar-refractivity contribution in [2.75, 3.05) is 13.7 Å². The molecule has 1 aromatic carbocycles. The Labute approximate surface area is 117 Å². The summed E-state index contributed by atoms with van der Waals surface area (Å²) in [4.78, 5) is 9.88. The Morgan fingerprint density at radius 3 is 2.65 bits per heavy atom. The third-order valence-electron chi connectivity index (χ3n) is 2.54. The second kappa shape index (κ2) is 6.64. The molecule has 8 nitrogen and oxygen atoms in total. The number of hydrogen-bond donors (Lipinski definition) is 2. The smallest absolute Gasteiger partial charge is 0.273 e. The first-order valence-electron chi connectivity index (χ1n) is 5.85. The van der Waals surface area contributed by atoms with Gasteiger partial charge in [-0.3, -0.25) is 10.1 Å². The predicted molar refractivity (Wildman–Crippen MR) is 73.1 cm³/mol. The number of benzene rings is 1. The van der Waals surface area contributed by atoms with E-state index in [0.717, 1.165) is 18.2 Å². The van der Waals surface area contributed by atoms with Gasteiger partial charge in [0.15, 0.2) is 0 Å². The molecule has 0 spiro atoms. The van der Waals surface area contributed by atoms with Crippen molar-refractivity contribution < 1.29 is 18.1 Å². The normalized spacial score (nSPS) is 12.9. The highest BCUT2D eigenvalue weighted by atomic mass is 32.2. The van der Waals surface area contributed by atoms with Crippen LogP contribution in [0.15, 0.2) is 23.1 Å². The van der Waals surface area contributed by atoms with Gasteiger partial charge in [0.05, 0.1) is 18.1 Å². The van der Waals surface area contributed by atoms with Crippen molar-refractivity contribution in [3.8, 4) is 5.75 Å². The highest BCUT2D eigenvalue weighted by Crippen LogP contribution is 2.28. The Morgan fingerprint density at radius 1 is 1.50 bits per heavy atom. The zero-order chi connectivity index (χ0) is 15.3. The molecule has 3 N–H and O–H groups in total. The molecule has 112 valence electrons. The van der Waals surface area contributed by atoms with Crippen LogP contribution in [0.3, 0.4) is 0 Å². The van der Waals surface area contributed by atoms with Crippen molar-refractivity contribution in [3.05, 3.63) is 28.3 Å². The maximum Gasteiger partial charge on any atom is 0.273 e. The highest BCUT2D eigenvalue weighted by Gasteiger charge is 2.21. The average molecular weight is 303 g/mol. The van der Waals surface area contributed by atoms with Crippen LogP contribution in [0.5, 0.6) is 5.75 Å². The lowest BCUT2D eigenvalue weighted by atomic mass is 10.3. The van der Waals surface area contributed by atoms with Gasteiger partial charge < -0.3 is 10.5 Å². The topological polar surface area (TPSA) is 125 Å². The SMILES string of the molecule is COc1cc([N+](=O)[O-])ccc1S(=O)(=O)NCCC(C)N. The monoisotopic (exact) mass is 303 g/mol. The van der Waals surface area contributed by atoms with E-state index in [1.807, 2.05) is 0 Å². The van der Waals surface area contributed by atoms with E-state index in [-0.39, 0.29) is 28.9 Å². The molecule has 0 bridgehead atoms. The molecule has 0 saturated heterocycles. The Hall–Kier alpha value is -1.71. The van der Waals surface area contributed by atoms with Crippen molar-refractivity contribution in [2.24, 2.45) is 5.73 Å². The van der Waals surface area contributed by atoms with Gasteiger partial charge in [-0.15, -0.1) is 0 Å². The number of nitrogens with zero attached hydrogens (tertiary/aromatic N) is 1. The molecule has 0 radical (unpaired) electrons. The Balaban J connectivity index is 3.02. The molecule has 1 rings (SSSR count). The molecule has 1 unspecified atom stereocenters. The van der Waals surface area contributed by atoms with Gasteiger partial charge in [0, 0.05) is 18.7 Å². The summed E-state index contributed by atoms with van der Waals surface area (Å²) in [5, 5.41) is 10.6. The molecule has 1 aromatic rings. The van der Waals surface area contributed by atoms with E-state index in [1.54, 1.807) is 6.92 Å². The second-order valence-corrected chi connectivity index (χ2v) is 5.99. The number of nitro groups is 1. The van der Waals surface area contributed by atoms with Crippen LogP contribution >= 0.6 is 0 Å². The van der Waals surface area contributed by atoms with Crippen molar-refractivity contribution in [1.29, 1.82) is 0 Å². The van der Waals surface area contributed by atoms with Crippen molar-refractivity contribution in [1.82, 2.24) is 4.72 Å². The quantitative estimate of drug-likeness (QED) is 0.562. The Bertz CT molecular complexity index is 586. The standard InChI is InChI=1S/C11H17N3O5S/c1-8(12)5-6-13-20(17,18)11-4-3-9(14(15)16)7-10(11)19-2/h3-4,7-8,13H,5-6,12H2,1-2H3. The van der Waals surface area contributed by atoms with Crippen LogP contribution in [0.4, 0.5) is 5.69 Å². The van der Waals surface area contributed by atoms with E-state index in [1.165, 1.54) is 7.11 Å². The minimum absolute atomic E-state index is 0.0764. The summed E-state index contributed by atoms with van der Waals surface area (Å²) in [5.41, 5.74) is 5.30. The highest BCUT2D eigenvalue weighted by molar-refractivity contribution is 7.89. The van der Waals surface area contributed by atoms with Crippen LogP contribution in [0.2, 0.25) is 0 Å². The molecular weight excluding hydrogens is 286 g/mol. The Kier molecular flexibility index (Phi) is 5.43. The molecule has 0 heterocycles. The fraction of sp³-hybridized carbons (Fsp3) is 0.455. The van der Waals surface area contributed by atoms with E-state index in [9.17, 15) is 18.5 Å². The fourth-order valence-electron chi connectivity index (χ4n) is 1.49. The van der Waals surface area contributed by atoms with E-state index in [2.05, 4.69) is 4.72 Å². The molecule has 1 atom stereocenters. The van der Waals surface area contributed by atoms with Crippen LogP contribution in [-0.2, 0) is 10.0 Å². The third-order valence-corrected chi connectivity index (χ3v) is 4.04. The van der Waals surface area contributed by atoms with Crippen LogP contribution in [0.25, 0.3) is 0 Å². The lowest BCUT2D eigenvalue weighted by Gasteiger charge is -2.11. The molecule has 0 fully saturated rings. The van der Waals surface area contributed by atoms with Gasteiger partial charge in [-0.1, -0.05) is 0 Å². The molecule has 20 heavy (non-hydrogen) atoms. The number of nitrogens with one attached hydrogen (secondary N) is 1. The number of ether oxygens (including phenoxy) is 1. The minimum Gasteiger partial charge on any atom is -0.495 e. The lowest BCUT2D eigenvalue weighted by Crippen LogP contribution is -2.29. The number of methoxy groups -OCH3 is 1. The van der Waals surface area contributed by atoms with E-state index >= 15 is 0 Å². The van der Waals surface area contributed by atoms with Gasteiger partial charge in [-0.25, -0.2) is 13.1 Å². The molecule has 0 aliphatic carbocycles. The number of rotatable bonds is 7. The molecule has 9 heteroatoms. The van der Waals surface area contributed by atoms with E-state index < -0.39 is 14.9 Å². The number of non-ortho nitro benzene ring substituents is 1. The molecule has 0 saturated carbocycles. The predicted octanol–water partition coefficient (Wildman–Crippen LogP) is 0.619. The van der Waals surface area contributed by atoms with Crippen LogP contribution < -0.4 is 15.2 Å². The fourth-order valence-corrected chi connectivity index (χ4v) is 2.69. The maximum absolute atomic E-state index is 12.1. The summed E-state index contributed by atoms with van der Waals surface area (Å²) in [7, 11) is -2.54. The Morgan fingerprint density at radius 2 is 2.15 bits per heavy atom. The van der Waals surface area contributed by atoms with Gasteiger partial charge in [0.1, 0.15) is 10.6 Å². The zero-order valence-electron chi connectivity index (χ0n) is 11.2. The average Bonchev–Trinajstić information content (AvgIpc) is 2.37.